The predicted octanol–water partition coefficient (Wildman–Crippen LogP) is 0.501. The van der Waals surface area contributed by atoms with Gasteiger partial charge in [0.15, 0.2) is 0 Å². The Morgan fingerprint density at radius 3 is 2.75 bits per heavy atom. The van der Waals surface area contributed by atoms with Gasteiger partial charge in [0, 0.05) is 31.1 Å². The second-order valence-corrected chi connectivity index (χ2v) is 4.68. The highest BCUT2D eigenvalue weighted by Gasteiger charge is 2.28. The highest BCUT2D eigenvalue weighted by Crippen LogP contribution is 2.38. The van der Waals surface area contributed by atoms with Crippen LogP contribution in [0.2, 0.25) is 0 Å². The van der Waals surface area contributed by atoms with E-state index < -0.39 is 0 Å². The van der Waals surface area contributed by atoms with Crippen LogP contribution < -0.4 is 11.1 Å². The summed E-state index contributed by atoms with van der Waals surface area (Å²) in [4.78, 5) is 9.38. The highest BCUT2D eigenvalue weighted by atomic mass is 14.9. The van der Waals surface area contributed by atoms with E-state index in [9.17, 15) is 0 Å². The first-order valence-electron chi connectivity index (χ1n) is 6.18. The monoisotopic (exact) mass is 218 g/mol. The van der Waals surface area contributed by atoms with Crippen LogP contribution in [0.15, 0.2) is 0 Å². The van der Waals surface area contributed by atoms with E-state index in [0.717, 1.165) is 37.4 Å². The molecular weight excluding hydrogens is 200 g/mol. The van der Waals surface area contributed by atoms with Gasteiger partial charge in [-0.25, -0.2) is 9.97 Å². The molecule has 0 saturated heterocycles. The Bertz CT molecular complexity index is 398. The number of nitrogens with zero attached hydrogens (tertiary/aromatic N) is 2. The molecule has 2 aliphatic rings. The minimum atomic E-state index is 0.546. The van der Waals surface area contributed by atoms with E-state index in [1.165, 1.54) is 24.1 Å². The van der Waals surface area contributed by atoms with E-state index in [1.54, 1.807) is 0 Å². The van der Waals surface area contributed by atoms with E-state index >= 15 is 0 Å². The zero-order valence-corrected chi connectivity index (χ0v) is 9.50. The Hall–Kier alpha value is -1.00. The van der Waals surface area contributed by atoms with Crippen molar-refractivity contribution >= 4 is 0 Å². The van der Waals surface area contributed by atoms with Gasteiger partial charge in [-0.05, 0) is 31.4 Å². The summed E-state index contributed by atoms with van der Waals surface area (Å²) in [6.45, 7) is 2.59. The molecule has 4 heteroatoms. The van der Waals surface area contributed by atoms with Gasteiger partial charge in [-0.15, -0.1) is 0 Å². The second-order valence-electron chi connectivity index (χ2n) is 4.68. The third kappa shape index (κ3) is 1.83. The molecule has 1 fully saturated rings. The summed E-state index contributed by atoms with van der Waals surface area (Å²) in [7, 11) is 0. The zero-order chi connectivity index (χ0) is 11.0. The van der Waals surface area contributed by atoms with Gasteiger partial charge in [0.25, 0.3) is 0 Å². The third-order valence-corrected chi connectivity index (χ3v) is 3.42. The Morgan fingerprint density at radius 1 is 1.19 bits per heavy atom. The molecule has 4 nitrogen and oxygen atoms in total. The number of nitrogens with two attached hydrogens (primary N) is 1. The van der Waals surface area contributed by atoms with Gasteiger partial charge < -0.3 is 11.1 Å². The number of nitrogens with one attached hydrogen (secondary N) is 1. The molecule has 0 unspecified atom stereocenters. The number of aromatic nitrogens is 2. The van der Waals surface area contributed by atoms with Crippen LogP contribution in [-0.4, -0.2) is 23.1 Å². The van der Waals surface area contributed by atoms with Crippen molar-refractivity contribution < 1.29 is 0 Å². The number of fused-ring (bicyclic) bond motifs is 1. The molecule has 1 aromatic heterocycles. The maximum atomic E-state index is 5.80. The molecule has 3 N–H and O–H groups in total. The van der Waals surface area contributed by atoms with Gasteiger partial charge in [0.2, 0.25) is 0 Å². The van der Waals surface area contributed by atoms with E-state index in [-0.39, 0.29) is 0 Å². The normalized spacial score (nSPS) is 20.3. The van der Waals surface area contributed by atoms with Gasteiger partial charge in [-0.3, -0.25) is 0 Å². The van der Waals surface area contributed by atoms with Crippen molar-refractivity contribution in [2.45, 2.75) is 38.1 Å². The number of hydrogen-bond donors (Lipinski definition) is 2. The third-order valence-electron chi connectivity index (χ3n) is 3.42. The molecule has 0 aromatic carbocycles. The van der Waals surface area contributed by atoms with Crippen LogP contribution in [0.25, 0.3) is 0 Å². The molecule has 0 radical (unpaired) electrons. The fraction of sp³-hybridized carbons (Fsp3) is 0.667. The van der Waals surface area contributed by atoms with E-state index in [1.807, 2.05) is 0 Å². The van der Waals surface area contributed by atoms with Crippen molar-refractivity contribution in [3.63, 3.8) is 0 Å². The zero-order valence-electron chi connectivity index (χ0n) is 9.50. The molecule has 3 rings (SSSR count). The molecule has 0 bridgehead atoms. The Kier molecular flexibility index (Phi) is 2.61. The molecule has 16 heavy (non-hydrogen) atoms. The fourth-order valence-corrected chi connectivity index (χ4v) is 2.34. The SMILES string of the molecule is NCc1nc(C2CC2)nc2c1CCNCC2. The first-order valence-corrected chi connectivity index (χ1v) is 6.18. The highest BCUT2D eigenvalue weighted by molar-refractivity contribution is 5.29. The minimum absolute atomic E-state index is 0.546. The van der Waals surface area contributed by atoms with Crippen LogP contribution in [0.4, 0.5) is 0 Å². The van der Waals surface area contributed by atoms with Crippen LogP contribution in [0.5, 0.6) is 0 Å². The van der Waals surface area contributed by atoms with Crippen LogP contribution in [-0.2, 0) is 19.4 Å². The lowest BCUT2D eigenvalue weighted by atomic mass is 10.1. The first-order chi connectivity index (χ1) is 7.88. The van der Waals surface area contributed by atoms with E-state index in [0.29, 0.717) is 12.5 Å². The summed E-state index contributed by atoms with van der Waals surface area (Å²) >= 11 is 0. The van der Waals surface area contributed by atoms with Crippen molar-refractivity contribution in [1.29, 1.82) is 0 Å². The second kappa shape index (κ2) is 4.11. The van der Waals surface area contributed by atoms with Crippen molar-refractivity contribution in [2.24, 2.45) is 5.73 Å². The molecule has 0 spiro atoms. The van der Waals surface area contributed by atoms with Gasteiger partial charge in [-0.1, -0.05) is 0 Å². The van der Waals surface area contributed by atoms with Gasteiger partial charge in [0.05, 0.1) is 5.69 Å². The quantitative estimate of drug-likeness (QED) is 0.759. The molecule has 1 saturated carbocycles. The summed E-state index contributed by atoms with van der Waals surface area (Å²) in [6.07, 6.45) is 4.54. The molecule has 0 atom stereocenters. The predicted molar refractivity (Wildman–Crippen MR) is 62.2 cm³/mol. The number of rotatable bonds is 2. The molecule has 1 aliphatic carbocycles. The topological polar surface area (TPSA) is 63.8 Å². The van der Waals surface area contributed by atoms with Crippen LogP contribution >= 0.6 is 0 Å². The first kappa shape index (κ1) is 10.2. The Morgan fingerprint density at radius 2 is 2.00 bits per heavy atom. The molecule has 86 valence electrons. The van der Waals surface area contributed by atoms with Crippen molar-refractivity contribution in [1.82, 2.24) is 15.3 Å². The lowest BCUT2D eigenvalue weighted by Gasteiger charge is -2.11. The fourth-order valence-electron chi connectivity index (χ4n) is 2.34. The maximum Gasteiger partial charge on any atom is 0.132 e. The minimum Gasteiger partial charge on any atom is -0.325 e. The summed E-state index contributed by atoms with van der Waals surface area (Å²) in [5.41, 5.74) is 9.42. The largest absolute Gasteiger partial charge is 0.325 e. The summed E-state index contributed by atoms with van der Waals surface area (Å²) in [5.74, 6) is 1.66. The van der Waals surface area contributed by atoms with E-state index in [2.05, 4.69) is 10.3 Å². The molecule has 2 heterocycles. The van der Waals surface area contributed by atoms with Gasteiger partial charge in [-0.2, -0.15) is 0 Å². The lowest BCUT2D eigenvalue weighted by molar-refractivity contribution is 0.707. The molecule has 0 amide bonds. The van der Waals surface area contributed by atoms with Gasteiger partial charge >= 0.3 is 0 Å². The Labute approximate surface area is 95.7 Å². The molecular formula is C12H18N4. The van der Waals surface area contributed by atoms with Crippen molar-refractivity contribution in [2.75, 3.05) is 13.1 Å². The average molecular weight is 218 g/mol. The van der Waals surface area contributed by atoms with Crippen molar-refractivity contribution in [3.8, 4) is 0 Å². The smallest absolute Gasteiger partial charge is 0.132 e. The maximum absolute atomic E-state index is 5.80. The van der Waals surface area contributed by atoms with Crippen LogP contribution in [0.3, 0.4) is 0 Å². The van der Waals surface area contributed by atoms with Crippen LogP contribution in [0, 0.1) is 0 Å². The number of hydrogen-bond acceptors (Lipinski definition) is 4. The standard InChI is InChI=1S/C12H18N4/c13-7-11-9-3-5-14-6-4-10(9)15-12(16-11)8-1-2-8/h8,14H,1-7,13H2. The average Bonchev–Trinajstić information content (AvgIpc) is 3.13. The molecule has 1 aromatic rings. The van der Waals surface area contributed by atoms with E-state index in [4.69, 9.17) is 10.7 Å². The molecule has 1 aliphatic heterocycles. The van der Waals surface area contributed by atoms with Gasteiger partial charge in [0.1, 0.15) is 5.82 Å². The van der Waals surface area contributed by atoms with Crippen LogP contribution in [0.1, 0.15) is 41.5 Å². The Balaban J connectivity index is 2.04. The van der Waals surface area contributed by atoms with Crippen molar-refractivity contribution in [3.05, 3.63) is 22.8 Å². The summed E-state index contributed by atoms with van der Waals surface area (Å²) < 4.78 is 0. The lowest BCUT2D eigenvalue weighted by Crippen LogP contribution is -2.16. The summed E-state index contributed by atoms with van der Waals surface area (Å²) in [5, 5.41) is 3.40. The summed E-state index contributed by atoms with van der Waals surface area (Å²) in [6, 6.07) is 0.